The number of carbonyl (C=O) groups excluding carboxylic acids is 2. The largest absolute Gasteiger partial charge is 0.452 e. The van der Waals surface area contributed by atoms with E-state index in [0.29, 0.717) is 5.69 Å². The van der Waals surface area contributed by atoms with Crippen molar-refractivity contribution in [3.63, 3.8) is 0 Å². The van der Waals surface area contributed by atoms with Crippen molar-refractivity contribution >= 4 is 35.0 Å². The number of nitriles is 1. The lowest BCUT2D eigenvalue weighted by molar-refractivity contribution is -0.384. The highest BCUT2D eigenvalue weighted by molar-refractivity contribution is 8.03. The first kappa shape index (κ1) is 19.9. The molecule has 0 saturated heterocycles. The molecule has 0 radical (unpaired) electrons. The first-order valence-corrected chi connectivity index (χ1v) is 8.52. The van der Waals surface area contributed by atoms with Gasteiger partial charge in [0.1, 0.15) is 5.40 Å². The lowest BCUT2D eigenvalue weighted by atomic mass is 10.1. The Kier molecular flexibility index (Phi) is 6.51. The Morgan fingerprint density at radius 3 is 2.52 bits per heavy atom. The molecule has 1 N–H and O–H groups in total. The predicted molar refractivity (Wildman–Crippen MR) is 99.4 cm³/mol. The zero-order valence-electron chi connectivity index (χ0n) is 14.5. The number of aryl methyl sites for hydroxylation is 2. The van der Waals surface area contributed by atoms with E-state index in [4.69, 9.17) is 10.00 Å². The Hall–Kier alpha value is -3.38. The van der Waals surface area contributed by atoms with Crippen LogP contribution >= 0.6 is 11.8 Å². The molecule has 0 bridgehead atoms. The molecule has 2 aromatic carbocycles. The maximum absolute atomic E-state index is 12.1. The van der Waals surface area contributed by atoms with Gasteiger partial charge in [0.2, 0.25) is 0 Å². The number of nitrogens with zero attached hydrogens (tertiary/aromatic N) is 2. The Morgan fingerprint density at radius 1 is 1.26 bits per heavy atom. The highest BCUT2D eigenvalue weighted by Gasteiger charge is 2.15. The fourth-order valence-corrected chi connectivity index (χ4v) is 2.95. The van der Waals surface area contributed by atoms with Crippen LogP contribution in [0.25, 0.3) is 0 Å². The van der Waals surface area contributed by atoms with Crippen LogP contribution in [0.3, 0.4) is 0 Å². The molecule has 0 aliphatic carbocycles. The summed E-state index contributed by atoms with van der Waals surface area (Å²) in [7, 11) is 0. The van der Waals surface area contributed by atoms with Gasteiger partial charge in [-0.05, 0) is 54.9 Å². The minimum Gasteiger partial charge on any atom is -0.452 e. The summed E-state index contributed by atoms with van der Waals surface area (Å²) in [6, 6.07) is 8.61. The van der Waals surface area contributed by atoms with Crippen LogP contribution in [0.4, 0.5) is 11.4 Å². The maximum Gasteiger partial charge on any atom is 0.338 e. The minimum atomic E-state index is -0.830. The second kappa shape index (κ2) is 8.82. The number of nitrogens with one attached hydrogen (secondary N) is 1. The zero-order chi connectivity index (χ0) is 20.0. The quantitative estimate of drug-likeness (QED) is 0.265. The van der Waals surface area contributed by atoms with Crippen LogP contribution in [0.1, 0.15) is 21.5 Å². The van der Waals surface area contributed by atoms with Crippen molar-refractivity contribution in [2.45, 2.75) is 18.7 Å². The fourth-order valence-electron chi connectivity index (χ4n) is 2.37. The molecule has 0 aliphatic heterocycles. The van der Waals surface area contributed by atoms with E-state index in [1.807, 2.05) is 5.40 Å². The number of hydrogen-bond donors (Lipinski definition) is 1. The molecule has 8 nitrogen and oxygen atoms in total. The highest BCUT2D eigenvalue weighted by atomic mass is 32.2. The van der Waals surface area contributed by atoms with E-state index < -0.39 is 23.4 Å². The van der Waals surface area contributed by atoms with Crippen LogP contribution in [-0.4, -0.2) is 23.4 Å². The van der Waals surface area contributed by atoms with E-state index in [9.17, 15) is 19.7 Å². The second-order valence-corrected chi connectivity index (χ2v) is 6.42. The molecule has 27 heavy (non-hydrogen) atoms. The van der Waals surface area contributed by atoms with E-state index in [1.165, 1.54) is 18.2 Å². The Labute approximate surface area is 159 Å². The number of hydrogen-bond acceptors (Lipinski definition) is 7. The molecule has 9 heteroatoms. The van der Waals surface area contributed by atoms with Gasteiger partial charge >= 0.3 is 5.97 Å². The van der Waals surface area contributed by atoms with E-state index in [0.717, 1.165) is 33.9 Å². The maximum atomic E-state index is 12.1. The van der Waals surface area contributed by atoms with Crippen molar-refractivity contribution in [3.8, 4) is 5.40 Å². The lowest BCUT2D eigenvalue weighted by Crippen LogP contribution is -2.22. The Bertz CT molecular complexity index is 929. The van der Waals surface area contributed by atoms with Crippen LogP contribution < -0.4 is 5.32 Å². The molecule has 0 aliphatic rings. The van der Waals surface area contributed by atoms with Crippen LogP contribution in [-0.2, 0) is 9.53 Å². The van der Waals surface area contributed by atoms with Crippen LogP contribution in [0.15, 0.2) is 41.3 Å². The summed E-state index contributed by atoms with van der Waals surface area (Å²) in [4.78, 5) is 34.9. The first-order chi connectivity index (χ1) is 12.8. The van der Waals surface area contributed by atoms with Gasteiger partial charge in [-0.2, -0.15) is 5.26 Å². The van der Waals surface area contributed by atoms with Crippen molar-refractivity contribution in [1.29, 1.82) is 5.26 Å². The number of nitro benzene ring substituents is 1. The predicted octanol–water partition coefficient (Wildman–Crippen LogP) is 3.58. The number of carbonyl (C=O) groups is 2. The van der Waals surface area contributed by atoms with Gasteiger partial charge in [-0.15, -0.1) is 0 Å². The second-order valence-electron chi connectivity index (χ2n) is 5.56. The number of thiocyanates is 1. The first-order valence-electron chi connectivity index (χ1n) is 7.70. The van der Waals surface area contributed by atoms with Gasteiger partial charge in [-0.3, -0.25) is 14.9 Å². The number of nitro groups is 1. The van der Waals surface area contributed by atoms with Crippen LogP contribution in [0.5, 0.6) is 0 Å². The van der Waals surface area contributed by atoms with Gasteiger partial charge < -0.3 is 10.1 Å². The molecular formula is C18H15N3O5S. The van der Waals surface area contributed by atoms with E-state index in [-0.39, 0.29) is 11.3 Å². The van der Waals surface area contributed by atoms with Crippen LogP contribution in [0, 0.1) is 34.6 Å². The average Bonchev–Trinajstić information content (AvgIpc) is 2.63. The fraction of sp³-hybridized carbons (Fsp3) is 0.167. The van der Waals surface area contributed by atoms with Gasteiger partial charge in [-0.25, -0.2) is 4.79 Å². The van der Waals surface area contributed by atoms with Crippen molar-refractivity contribution < 1.29 is 19.2 Å². The van der Waals surface area contributed by atoms with Crippen molar-refractivity contribution in [3.05, 3.63) is 63.2 Å². The van der Waals surface area contributed by atoms with Crippen molar-refractivity contribution in [1.82, 2.24) is 0 Å². The molecule has 138 valence electrons. The molecule has 0 heterocycles. The Balaban J connectivity index is 2.01. The molecule has 0 aromatic heterocycles. The summed E-state index contributed by atoms with van der Waals surface area (Å²) < 4.78 is 4.92. The molecule has 2 aromatic rings. The molecule has 0 fully saturated rings. The molecule has 2 rings (SSSR count). The smallest absolute Gasteiger partial charge is 0.338 e. The summed E-state index contributed by atoms with van der Waals surface area (Å²) in [5.41, 5.74) is 1.86. The van der Waals surface area contributed by atoms with E-state index in [1.54, 1.807) is 26.0 Å². The number of anilines is 1. The van der Waals surface area contributed by atoms with E-state index in [2.05, 4.69) is 5.32 Å². The summed E-state index contributed by atoms with van der Waals surface area (Å²) >= 11 is 1.02. The number of thioether (sulfide) groups is 1. The summed E-state index contributed by atoms with van der Waals surface area (Å²) in [6.07, 6.45) is 0. The van der Waals surface area contributed by atoms with Gasteiger partial charge in [-0.1, -0.05) is 6.07 Å². The third-order valence-corrected chi connectivity index (χ3v) is 4.12. The Morgan fingerprint density at radius 2 is 1.93 bits per heavy atom. The number of ether oxygens (including phenoxy) is 1. The molecule has 1 amide bonds. The van der Waals surface area contributed by atoms with Crippen LogP contribution in [0.2, 0.25) is 0 Å². The average molecular weight is 385 g/mol. The monoisotopic (exact) mass is 385 g/mol. The molecule has 0 unspecified atom stereocenters. The SMILES string of the molecule is Cc1cc(SC#N)cc(C)c1NC(=O)COC(=O)c1cccc([N+](=O)[O-])c1. The number of non-ortho nitro benzene ring substituents is 1. The van der Waals surface area contributed by atoms with Gasteiger partial charge in [0, 0.05) is 22.7 Å². The lowest BCUT2D eigenvalue weighted by Gasteiger charge is -2.13. The van der Waals surface area contributed by atoms with Gasteiger partial charge in [0.15, 0.2) is 6.61 Å². The number of benzene rings is 2. The summed E-state index contributed by atoms with van der Waals surface area (Å²) in [6.45, 7) is 3.05. The third kappa shape index (κ3) is 5.29. The normalized spacial score (nSPS) is 9.96. The standard InChI is InChI=1S/C18H15N3O5S/c1-11-6-15(27-10-19)7-12(2)17(11)20-16(22)9-26-18(23)13-4-3-5-14(8-13)21(24)25/h3-8H,9H2,1-2H3,(H,20,22). The summed E-state index contributed by atoms with van der Waals surface area (Å²) in [5.74, 6) is -1.37. The van der Waals surface area contributed by atoms with Gasteiger partial charge in [0.05, 0.1) is 10.5 Å². The third-order valence-electron chi connectivity index (χ3n) is 3.56. The molecule has 0 saturated carbocycles. The van der Waals surface area contributed by atoms with Crippen molar-refractivity contribution in [2.24, 2.45) is 0 Å². The molecule has 0 spiro atoms. The molecule has 0 atom stereocenters. The molecular weight excluding hydrogens is 370 g/mol. The highest BCUT2D eigenvalue weighted by Crippen LogP contribution is 2.27. The zero-order valence-corrected chi connectivity index (χ0v) is 15.3. The van der Waals surface area contributed by atoms with Gasteiger partial charge in [0.25, 0.3) is 11.6 Å². The summed E-state index contributed by atoms with van der Waals surface area (Å²) in [5, 5.41) is 24.1. The topological polar surface area (TPSA) is 122 Å². The minimum absolute atomic E-state index is 0.0118. The number of amides is 1. The van der Waals surface area contributed by atoms with Crippen molar-refractivity contribution in [2.75, 3.05) is 11.9 Å². The number of esters is 1. The number of rotatable bonds is 6. The van der Waals surface area contributed by atoms with E-state index >= 15 is 0 Å².